The Morgan fingerprint density at radius 2 is 1.71 bits per heavy atom. The molecule has 152 valence electrons. The second kappa shape index (κ2) is 7.03. The first-order chi connectivity index (χ1) is 13.6. The highest BCUT2D eigenvalue weighted by Gasteiger charge is 2.55. The summed E-state index contributed by atoms with van der Waals surface area (Å²) in [4.78, 5) is 18.1. The molecule has 2 saturated carbocycles. The molecule has 5 heteroatoms. The molecule has 2 saturated heterocycles. The molecule has 0 bridgehead atoms. The van der Waals surface area contributed by atoms with Crippen molar-refractivity contribution in [3.63, 3.8) is 0 Å². The van der Waals surface area contributed by atoms with Crippen molar-refractivity contribution in [2.45, 2.75) is 56.1 Å². The van der Waals surface area contributed by atoms with Gasteiger partial charge in [-0.05, 0) is 81.1 Å². The Morgan fingerprint density at radius 1 is 1.07 bits per heavy atom. The summed E-state index contributed by atoms with van der Waals surface area (Å²) in [7, 11) is 1.67. The van der Waals surface area contributed by atoms with Crippen molar-refractivity contribution in [1.29, 1.82) is 0 Å². The first-order valence-electron chi connectivity index (χ1n) is 11.0. The van der Waals surface area contributed by atoms with E-state index in [0.717, 1.165) is 63.2 Å². The molecule has 1 aromatic carbocycles. The minimum atomic E-state index is -0.313. The van der Waals surface area contributed by atoms with Gasteiger partial charge in [-0.2, -0.15) is 0 Å². The minimum Gasteiger partial charge on any atom is -0.497 e. The van der Waals surface area contributed by atoms with Crippen LogP contribution in [0, 0.1) is 11.8 Å². The fraction of sp³-hybridized carbons (Fsp3) is 0.696. The molecule has 4 aliphatic rings. The predicted molar refractivity (Wildman–Crippen MR) is 107 cm³/mol. The van der Waals surface area contributed by atoms with E-state index in [1.807, 2.05) is 12.1 Å². The van der Waals surface area contributed by atoms with Crippen LogP contribution in [0.25, 0.3) is 0 Å². The van der Waals surface area contributed by atoms with E-state index >= 15 is 0 Å². The number of ether oxygens (including phenoxy) is 1. The van der Waals surface area contributed by atoms with Gasteiger partial charge in [0.15, 0.2) is 0 Å². The van der Waals surface area contributed by atoms with Crippen LogP contribution < -0.4 is 4.74 Å². The summed E-state index contributed by atoms with van der Waals surface area (Å²) in [5, 5.41) is 10.7. The van der Waals surface area contributed by atoms with Crippen LogP contribution >= 0.6 is 0 Å². The Kier molecular flexibility index (Phi) is 4.63. The summed E-state index contributed by atoms with van der Waals surface area (Å²) < 4.78 is 5.27. The van der Waals surface area contributed by atoms with E-state index in [-0.39, 0.29) is 11.5 Å². The van der Waals surface area contributed by atoms with Crippen LogP contribution in [-0.2, 0) is 10.2 Å². The van der Waals surface area contributed by atoms with Gasteiger partial charge in [-0.3, -0.25) is 9.69 Å². The third kappa shape index (κ3) is 3.03. The number of carbonyl (C=O) groups excluding carboxylic acids is 1. The molecular weight excluding hydrogens is 352 g/mol. The van der Waals surface area contributed by atoms with E-state index in [4.69, 9.17) is 4.74 Å². The van der Waals surface area contributed by atoms with E-state index in [0.29, 0.717) is 23.8 Å². The highest BCUT2D eigenvalue weighted by molar-refractivity contribution is 5.91. The monoisotopic (exact) mass is 384 g/mol. The van der Waals surface area contributed by atoms with Crippen molar-refractivity contribution in [3.8, 4) is 5.75 Å². The lowest BCUT2D eigenvalue weighted by Gasteiger charge is -2.40. The van der Waals surface area contributed by atoms with Crippen LogP contribution in [0.1, 0.15) is 44.1 Å². The Labute approximate surface area is 167 Å². The van der Waals surface area contributed by atoms with Crippen LogP contribution in [0.3, 0.4) is 0 Å². The van der Waals surface area contributed by atoms with Gasteiger partial charge in [0.1, 0.15) is 5.75 Å². The summed E-state index contributed by atoms with van der Waals surface area (Å²) in [6.45, 7) is 3.95. The zero-order chi connectivity index (χ0) is 19.3. The third-order valence-corrected chi connectivity index (χ3v) is 7.81. The predicted octanol–water partition coefficient (Wildman–Crippen LogP) is 2.42. The maximum Gasteiger partial charge on any atom is 0.233 e. The number of fused-ring (bicyclic) bond motifs is 1. The molecule has 1 N–H and O–H groups in total. The Bertz CT molecular complexity index is 724. The zero-order valence-electron chi connectivity index (χ0n) is 16.8. The van der Waals surface area contributed by atoms with E-state index in [2.05, 4.69) is 21.9 Å². The highest BCUT2D eigenvalue weighted by atomic mass is 16.5. The van der Waals surface area contributed by atoms with Crippen molar-refractivity contribution in [1.82, 2.24) is 9.80 Å². The summed E-state index contributed by atoms with van der Waals surface area (Å²) in [6.07, 6.45) is 6.08. The number of aliphatic hydroxyl groups excluding tert-OH is 1. The molecule has 4 atom stereocenters. The number of nitrogens with zero attached hydrogens (tertiary/aromatic N) is 2. The normalized spacial score (nSPS) is 34.3. The van der Waals surface area contributed by atoms with Crippen LogP contribution in [0.4, 0.5) is 0 Å². The van der Waals surface area contributed by atoms with Crippen LogP contribution in [-0.4, -0.2) is 66.2 Å². The lowest BCUT2D eigenvalue weighted by atomic mass is 9.77. The Morgan fingerprint density at radius 3 is 2.32 bits per heavy atom. The first kappa shape index (κ1) is 18.4. The quantitative estimate of drug-likeness (QED) is 0.866. The van der Waals surface area contributed by atoms with Crippen molar-refractivity contribution in [2.75, 3.05) is 33.3 Å². The molecule has 2 aliphatic carbocycles. The number of aliphatic hydroxyl groups is 1. The summed E-state index contributed by atoms with van der Waals surface area (Å²) in [5.41, 5.74) is 0.815. The molecule has 5 nitrogen and oxygen atoms in total. The Hall–Kier alpha value is -1.59. The van der Waals surface area contributed by atoms with Gasteiger partial charge < -0.3 is 14.7 Å². The average molecular weight is 385 g/mol. The fourth-order valence-corrected chi connectivity index (χ4v) is 6.00. The standard InChI is InChI=1S/C23H32N2O3/c1-28-19-6-4-18(5-7-19)23(8-9-23)22(27)25-14-16-12-20(24-10-2-3-11-24)21(26)13-17(16)15-25/h4-7,16-17,20-21,26H,2-3,8-15H2,1H3/t16-,17+,20-,21-/m1/s1. The molecule has 0 aromatic heterocycles. The van der Waals surface area contributed by atoms with Gasteiger partial charge in [0.2, 0.25) is 5.91 Å². The fourth-order valence-electron chi connectivity index (χ4n) is 6.00. The van der Waals surface area contributed by atoms with Gasteiger partial charge in [0, 0.05) is 19.1 Å². The number of methoxy groups -OCH3 is 1. The van der Waals surface area contributed by atoms with Gasteiger partial charge in [-0.25, -0.2) is 0 Å². The number of amides is 1. The van der Waals surface area contributed by atoms with Gasteiger partial charge in [0.05, 0.1) is 18.6 Å². The summed E-state index contributed by atoms with van der Waals surface area (Å²) in [5.74, 6) is 2.15. The van der Waals surface area contributed by atoms with Crippen LogP contribution in [0.15, 0.2) is 24.3 Å². The topological polar surface area (TPSA) is 53.0 Å². The molecule has 2 aliphatic heterocycles. The number of benzene rings is 1. The highest BCUT2D eigenvalue weighted by Crippen LogP contribution is 2.51. The second-order valence-electron chi connectivity index (χ2n) is 9.39. The molecular formula is C23H32N2O3. The molecule has 1 aromatic rings. The first-order valence-corrected chi connectivity index (χ1v) is 11.0. The maximum absolute atomic E-state index is 13.5. The summed E-state index contributed by atoms with van der Waals surface area (Å²) in [6, 6.07) is 8.34. The second-order valence-corrected chi connectivity index (χ2v) is 9.39. The number of carbonyl (C=O) groups is 1. The molecule has 0 spiro atoms. The van der Waals surface area contributed by atoms with E-state index in [1.165, 1.54) is 12.8 Å². The van der Waals surface area contributed by atoms with Gasteiger partial charge in [-0.15, -0.1) is 0 Å². The molecule has 5 rings (SSSR count). The van der Waals surface area contributed by atoms with E-state index in [1.54, 1.807) is 7.11 Å². The molecule has 1 amide bonds. The maximum atomic E-state index is 13.5. The number of hydrogen-bond donors (Lipinski definition) is 1. The third-order valence-electron chi connectivity index (χ3n) is 7.81. The molecule has 0 unspecified atom stereocenters. The lowest BCUT2D eigenvalue weighted by molar-refractivity contribution is -0.133. The van der Waals surface area contributed by atoms with Crippen molar-refractivity contribution in [2.24, 2.45) is 11.8 Å². The van der Waals surface area contributed by atoms with Crippen molar-refractivity contribution in [3.05, 3.63) is 29.8 Å². The molecule has 4 fully saturated rings. The average Bonchev–Trinajstić information content (AvgIpc) is 3.14. The number of hydrogen-bond acceptors (Lipinski definition) is 4. The van der Waals surface area contributed by atoms with Gasteiger partial charge >= 0.3 is 0 Å². The lowest BCUT2D eigenvalue weighted by Crippen LogP contribution is -2.48. The zero-order valence-corrected chi connectivity index (χ0v) is 16.8. The van der Waals surface area contributed by atoms with E-state index in [9.17, 15) is 9.90 Å². The Balaban J connectivity index is 1.28. The minimum absolute atomic E-state index is 0.231. The van der Waals surface area contributed by atoms with Crippen LogP contribution in [0.2, 0.25) is 0 Å². The number of likely N-dealkylation sites (tertiary alicyclic amines) is 2. The molecule has 0 radical (unpaired) electrons. The van der Waals surface area contributed by atoms with Gasteiger partial charge in [-0.1, -0.05) is 12.1 Å². The summed E-state index contributed by atoms with van der Waals surface area (Å²) >= 11 is 0. The SMILES string of the molecule is COc1ccc(C2(C(=O)N3C[C@H]4C[C@@H](N5CCCC5)[C@H](O)C[C@H]4C3)CC2)cc1. The largest absolute Gasteiger partial charge is 0.497 e. The molecule has 2 heterocycles. The number of rotatable bonds is 4. The van der Waals surface area contributed by atoms with Crippen molar-refractivity contribution >= 4 is 5.91 Å². The van der Waals surface area contributed by atoms with Crippen LogP contribution in [0.5, 0.6) is 5.75 Å². The van der Waals surface area contributed by atoms with Crippen molar-refractivity contribution < 1.29 is 14.6 Å². The molecule has 28 heavy (non-hydrogen) atoms. The van der Waals surface area contributed by atoms with Gasteiger partial charge in [0.25, 0.3) is 0 Å². The van der Waals surface area contributed by atoms with E-state index < -0.39 is 0 Å². The smallest absolute Gasteiger partial charge is 0.233 e.